The lowest BCUT2D eigenvalue weighted by atomic mass is 9.80. The molecule has 4 heteroatoms. The van der Waals surface area contributed by atoms with Crippen molar-refractivity contribution in [2.24, 2.45) is 0 Å². The van der Waals surface area contributed by atoms with Crippen molar-refractivity contribution in [3.8, 4) is 83.6 Å². The fourth-order valence-corrected chi connectivity index (χ4v) is 17.0. The van der Waals surface area contributed by atoms with Crippen molar-refractivity contribution in [2.45, 2.75) is 38.5 Å². The van der Waals surface area contributed by atoms with Gasteiger partial charge in [0.25, 0.3) is 0 Å². The molecule has 0 amide bonds. The average Bonchev–Trinajstić information content (AvgIpc) is 1.49. The zero-order valence-electron chi connectivity index (χ0n) is 57.1. The van der Waals surface area contributed by atoms with Crippen LogP contribution in [0.15, 0.2) is 344 Å². The first-order chi connectivity index (χ1) is 49.9. The lowest BCUT2D eigenvalue weighted by molar-refractivity contribution is 0.453. The maximum atomic E-state index is 8.96. The number of hydrogen-bond donors (Lipinski definition) is 1. The fourth-order valence-electron chi connectivity index (χ4n) is 16.6. The minimum Gasteiger partial charge on any atom is -0.537 e. The molecule has 0 saturated carbocycles. The van der Waals surface area contributed by atoms with E-state index in [1.54, 1.807) is 0 Å². The fraction of sp³-hybridized carbons (Fsp3) is 0.0612. The van der Waals surface area contributed by atoms with Crippen molar-refractivity contribution < 1.29 is 9.68 Å². The van der Waals surface area contributed by atoms with E-state index in [2.05, 4.69) is 371 Å². The Kier molecular flexibility index (Phi) is 15.5. The van der Waals surface area contributed by atoms with Gasteiger partial charge < -0.3 is 9.68 Å². The molecule has 1 radical (unpaired) electrons. The van der Waals surface area contributed by atoms with Crippen LogP contribution in [-0.4, -0.2) is 12.7 Å². The van der Waals surface area contributed by atoms with Crippen molar-refractivity contribution in [2.75, 3.05) is 0 Å². The number of benzene rings is 18. The second-order valence-electron chi connectivity index (χ2n) is 28.4. The summed E-state index contributed by atoms with van der Waals surface area (Å²) in [6, 6.07) is 124. The van der Waals surface area contributed by atoms with Gasteiger partial charge in [0.2, 0.25) is 0 Å². The van der Waals surface area contributed by atoms with Crippen LogP contribution < -0.4 is 4.65 Å². The van der Waals surface area contributed by atoms with Crippen LogP contribution in [0.2, 0.25) is 0 Å². The highest BCUT2D eigenvalue weighted by molar-refractivity contribution is 9.10. The molecule has 1 N–H and O–H groups in total. The standard InChI is InChI=1S/C49H34.C25H20BO2.C24H15Br/c1-49(2)47-28-36(21-24-43(47)44-25-22-37(29-48(44)49)35-19-18-31-10-3-4-12-33(31)26-35)34-13-9-14-38(27-34)45-30-46-39-15-6-5-11-32(39)20-23-42(46)40-16-7-8-17-41(40)45;1-25(2)23-14-19(18-8-7-16-5-3-4-6-17(16)13-18)9-11-21(23)22-12-10-20(28-26-27)15-24(22)25;25-18-8-5-7-17(14-18)23-15-24-19-9-2-1-6-16(19)12-13-22(24)20-10-3-4-11-21(20)23/h3-30H,1-2H3;3-15,27H,1-2H3;1-15H. The van der Waals surface area contributed by atoms with Crippen LogP contribution in [-0.2, 0) is 10.8 Å². The van der Waals surface area contributed by atoms with E-state index in [9.17, 15) is 0 Å². The third-order valence-corrected chi connectivity index (χ3v) is 22.3. The molecule has 2 aliphatic carbocycles. The Bertz CT molecular complexity index is 6440. The zero-order chi connectivity index (χ0) is 68.8. The summed E-state index contributed by atoms with van der Waals surface area (Å²) >= 11 is 3.61. The number of rotatable bonds is 7. The third kappa shape index (κ3) is 10.8. The summed E-state index contributed by atoms with van der Waals surface area (Å²) in [7, 11) is 0.731. The van der Waals surface area contributed by atoms with E-state index in [0.717, 1.165) is 12.2 Å². The Balaban J connectivity index is 0.000000119. The smallest absolute Gasteiger partial charge is 0.537 e. The molecule has 0 saturated heterocycles. The molecule has 102 heavy (non-hydrogen) atoms. The molecular weight excluding hydrogens is 1300 g/mol. The van der Waals surface area contributed by atoms with Gasteiger partial charge in [-0.05, 0) is 259 Å². The molecule has 0 atom stereocenters. The van der Waals surface area contributed by atoms with Crippen LogP contribution in [0.4, 0.5) is 0 Å². The predicted molar refractivity (Wildman–Crippen MR) is 438 cm³/mol. The van der Waals surface area contributed by atoms with Gasteiger partial charge in [0.05, 0.1) is 0 Å². The molecule has 0 fully saturated rings. The van der Waals surface area contributed by atoms with Gasteiger partial charge in [-0.15, -0.1) is 0 Å². The van der Waals surface area contributed by atoms with Crippen LogP contribution in [0.3, 0.4) is 0 Å². The Morgan fingerprint density at radius 2 is 0.569 bits per heavy atom. The van der Waals surface area contributed by atoms with Gasteiger partial charge in [-0.25, -0.2) is 0 Å². The Labute approximate surface area is 603 Å². The van der Waals surface area contributed by atoms with E-state index in [-0.39, 0.29) is 10.8 Å². The summed E-state index contributed by atoms with van der Waals surface area (Å²) in [5.74, 6) is 0.650. The van der Waals surface area contributed by atoms with Crippen LogP contribution in [0, 0.1) is 0 Å². The van der Waals surface area contributed by atoms with E-state index >= 15 is 0 Å². The summed E-state index contributed by atoms with van der Waals surface area (Å²) in [5.41, 5.74) is 22.8. The van der Waals surface area contributed by atoms with Gasteiger partial charge >= 0.3 is 7.69 Å². The number of halogens is 1. The number of fused-ring (bicyclic) bond motifs is 18. The molecule has 2 nitrogen and oxygen atoms in total. The van der Waals surface area contributed by atoms with Gasteiger partial charge in [0.1, 0.15) is 5.75 Å². The van der Waals surface area contributed by atoms with Crippen LogP contribution in [0.25, 0.3) is 164 Å². The molecule has 0 bridgehead atoms. The SMILES string of the molecule is Brc1cccc(-c2cc3c4ccccc4ccc3c3ccccc23)c1.CC1(C)c2cc(-c3cccc(-c4cc5c6ccccc6ccc5c5ccccc45)c3)ccc2-c2ccc(-c3ccc4ccccc4c3)cc21.CC1(C)c2cc(O[B]O)ccc2-c2ccc(-c3ccc4ccccc4c3)cc21. The largest absolute Gasteiger partial charge is 0.569 e. The summed E-state index contributed by atoms with van der Waals surface area (Å²) in [6.45, 7) is 9.25. The second kappa shape index (κ2) is 25.2. The molecule has 18 aromatic carbocycles. The summed E-state index contributed by atoms with van der Waals surface area (Å²) in [6.07, 6.45) is 0. The number of hydrogen-bond acceptors (Lipinski definition) is 2. The molecule has 483 valence electrons. The van der Waals surface area contributed by atoms with Crippen molar-refractivity contribution in [1.29, 1.82) is 0 Å². The molecule has 20 rings (SSSR count). The molecule has 0 aromatic heterocycles. The molecule has 0 spiro atoms. The highest BCUT2D eigenvalue weighted by atomic mass is 79.9. The zero-order valence-corrected chi connectivity index (χ0v) is 58.7. The van der Waals surface area contributed by atoms with Crippen molar-refractivity contribution in [3.63, 3.8) is 0 Å². The lowest BCUT2D eigenvalue weighted by Crippen LogP contribution is -2.15. The van der Waals surface area contributed by atoms with E-state index in [1.807, 2.05) is 12.1 Å². The van der Waals surface area contributed by atoms with Gasteiger partial charge in [-0.2, -0.15) is 0 Å². The van der Waals surface area contributed by atoms with Crippen LogP contribution >= 0.6 is 15.9 Å². The van der Waals surface area contributed by atoms with E-state index in [0.29, 0.717) is 5.75 Å². The first-order valence-electron chi connectivity index (χ1n) is 35.1. The molecule has 18 aromatic rings. The predicted octanol–water partition coefficient (Wildman–Crippen LogP) is 26.9. The molecule has 2 aliphatic rings. The van der Waals surface area contributed by atoms with Gasteiger partial charge in [-0.3, -0.25) is 0 Å². The average molecular weight is 1370 g/mol. The molecule has 0 heterocycles. The summed E-state index contributed by atoms with van der Waals surface area (Å²) in [4.78, 5) is 0. The minimum absolute atomic E-state index is 0.110. The van der Waals surface area contributed by atoms with Gasteiger partial charge in [0.15, 0.2) is 0 Å². The van der Waals surface area contributed by atoms with Gasteiger partial charge in [0, 0.05) is 15.3 Å². The maximum absolute atomic E-state index is 8.96. The van der Waals surface area contributed by atoms with E-state index in [4.69, 9.17) is 9.68 Å². The maximum Gasteiger partial charge on any atom is 0.569 e. The summed E-state index contributed by atoms with van der Waals surface area (Å²) < 4.78 is 6.29. The molecular formula is C98H69BBrO2. The topological polar surface area (TPSA) is 29.5 Å². The lowest BCUT2D eigenvalue weighted by Gasteiger charge is -2.23. The quantitative estimate of drug-likeness (QED) is 0.127. The second-order valence-corrected chi connectivity index (χ2v) is 29.3. The summed E-state index contributed by atoms with van der Waals surface area (Å²) in [5, 5.41) is 29.6. The highest BCUT2D eigenvalue weighted by Gasteiger charge is 2.37. The molecule has 0 aliphatic heterocycles. The Morgan fingerprint density at radius 3 is 1.03 bits per heavy atom. The van der Waals surface area contributed by atoms with E-state index in [1.165, 1.54) is 186 Å². The van der Waals surface area contributed by atoms with Crippen molar-refractivity contribution in [1.82, 2.24) is 0 Å². The van der Waals surface area contributed by atoms with Crippen LogP contribution in [0.5, 0.6) is 5.75 Å². The monoisotopic (exact) mass is 1370 g/mol. The highest BCUT2D eigenvalue weighted by Crippen LogP contribution is 2.53. The van der Waals surface area contributed by atoms with Gasteiger partial charge in [-0.1, -0.05) is 311 Å². The van der Waals surface area contributed by atoms with E-state index < -0.39 is 0 Å². The molecule has 0 unspecified atom stereocenters. The first kappa shape index (κ1) is 62.6. The minimum atomic E-state index is -0.133. The van der Waals surface area contributed by atoms with Crippen molar-refractivity contribution >= 4 is 110 Å². The van der Waals surface area contributed by atoms with Crippen LogP contribution in [0.1, 0.15) is 49.9 Å². The Hall–Kier alpha value is -11.7. The normalized spacial score (nSPS) is 13.0. The first-order valence-corrected chi connectivity index (χ1v) is 35.9. The van der Waals surface area contributed by atoms with Crippen molar-refractivity contribution in [3.05, 3.63) is 366 Å². The Morgan fingerprint density at radius 1 is 0.235 bits per heavy atom. The third-order valence-electron chi connectivity index (χ3n) is 21.9.